The molecule has 2 bridgehead atoms. The van der Waals surface area contributed by atoms with Crippen LogP contribution in [0.4, 0.5) is 0 Å². The van der Waals surface area contributed by atoms with Gasteiger partial charge in [-0.1, -0.05) is 27.7 Å². The molecule has 10 unspecified atom stereocenters. The van der Waals surface area contributed by atoms with Gasteiger partial charge in [-0.3, -0.25) is 14.4 Å². The van der Waals surface area contributed by atoms with Crippen LogP contribution in [-0.2, 0) is 43.2 Å². The van der Waals surface area contributed by atoms with Gasteiger partial charge in [0.15, 0.2) is 11.9 Å². The van der Waals surface area contributed by atoms with E-state index >= 15 is 0 Å². The van der Waals surface area contributed by atoms with Gasteiger partial charge in [0.1, 0.15) is 12.1 Å². The highest BCUT2D eigenvalue weighted by Gasteiger charge is 2.69. The summed E-state index contributed by atoms with van der Waals surface area (Å²) in [6.07, 6.45) is 1.67. The molecule has 3 N–H and O–H groups in total. The Kier molecular flexibility index (Phi) is 9.94. The molecule has 2 amide bonds. The Balaban J connectivity index is 1.35. The maximum absolute atomic E-state index is 12.9. The molecule has 5 rings (SSSR count). The molecule has 1 saturated carbocycles. The van der Waals surface area contributed by atoms with Crippen LogP contribution >= 0.6 is 12.6 Å². The van der Waals surface area contributed by atoms with Crippen LogP contribution < -0.4 is 10.6 Å². The number of nitrogens with one attached hydrogen (secondary N) is 2. The quantitative estimate of drug-likeness (QED) is 0.158. The van der Waals surface area contributed by atoms with E-state index in [4.69, 9.17) is 24.0 Å². The largest absolute Gasteiger partial charge is 0.480 e. The number of esters is 1. The first-order valence-corrected chi connectivity index (χ1v) is 15.3. The maximum Gasteiger partial charge on any atom is 0.327 e. The Hall–Kier alpha value is -1.93. The fraction of sp³-hybridized carbons (Fsp3) is 0.857. The van der Waals surface area contributed by atoms with Gasteiger partial charge in [-0.25, -0.2) is 14.6 Å². The summed E-state index contributed by atoms with van der Waals surface area (Å²) in [5.41, 5.74) is -0.769. The minimum absolute atomic E-state index is 0.00612. The molecule has 5 fully saturated rings. The molecular formula is C28H44N2O10S. The second kappa shape index (κ2) is 12.7. The van der Waals surface area contributed by atoms with Crippen LogP contribution in [0.3, 0.4) is 0 Å². The predicted molar refractivity (Wildman–Crippen MR) is 147 cm³/mol. The van der Waals surface area contributed by atoms with Crippen LogP contribution in [0.2, 0.25) is 0 Å². The summed E-state index contributed by atoms with van der Waals surface area (Å²) in [5, 5.41) is 14.2. The van der Waals surface area contributed by atoms with Crippen LogP contribution in [-0.4, -0.2) is 70.7 Å². The molecule has 232 valence electrons. The number of aliphatic carboxylic acids is 1. The number of carboxylic acid groups (broad SMARTS) is 1. The summed E-state index contributed by atoms with van der Waals surface area (Å²) in [4.78, 5) is 61.4. The number of hydrogen-bond acceptors (Lipinski definition) is 10. The molecular weight excluding hydrogens is 556 g/mol. The fourth-order valence-electron chi connectivity index (χ4n) is 6.84. The topological polar surface area (TPSA) is 159 Å². The van der Waals surface area contributed by atoms with Crippen LogP contribution in [0.25, 0.3) is 0 Å². The summed E-state index contributed by atoms with van der Waals surface area (Å²) in [6.45, 7) is 9.77. The summed E-state index contributed by atoms with van der Waals surface area (Å²) in [7, 11) is 0. The van der Waals surface area contributed by atoms with E-state index in [1.165, 1.54) is 0 Å². The lowest BCUT2D eigenvalue weighted by atomic mass is 9.58. The number of amides is 2. The molecule has 41 heavy (non-hydrogen) atoms. The van der Waals surface area contributed by atoms with Crippen LogP contribution in [0.15, 0.2) is 0 Å². The maximum atomic E-state index is 12.9. The molecule has 0 aromatic rings. The van der Waals surface area contributed by atoms with Crippen molar-refractivity contribution in [3.8, 4) is 0 Å². The van der Waals surface area contributed by atoms with Gasteiger partial charge in [-0.05, 0) is 50.4 Å². The Morgan fingerprint density at radius 3 is 2.41 bits per heavy atom. The summed E-state index contributed by atoms with van der Waals surface area (Å²) >= 11 is 3.96. The highest BCUT2D eigenvalue weighted by molar-refractivity contribution is 7.80. The van der Waals surface area contributed by atoms with Crippen molar-refractivity contribution in [3.63, 3.8) is 0 Å². The first-order chi connectivity index (χ1) is 19.3. The van der Waals surface area contributed by atoms with Gasteiger partial charge in [-0.15, -0.1) is 0 Å². The zero-order valence-electron chi connectivity index (χ0n) is 24.4. The van der Waals surface area contributed by atoms with E-state index in [1.54, 1.807) is 0 Å². The number of rotatable bonds is 11. The van der Waals surface area contributed by atoms with Gasteiger partial charge in [0.2, 0.25) is 23.9 Å². The monoisotopic (exact) mass is 600 g/mol. The Labute approximate surface area is 246 Å². The average molecular weight is 601 g/mol. The number of fused-ring (bicyclic) bond motifs is 2. The molecule has 0 radical (unpaired) electrons. The zero-order chi connectivity index (χ0) is 30.1. The first kappa shape index (κ1) is 32.0. The third-order valence-corrected chi connectivity index (χ3v) is 9.42. The number of carboxylic acids is 1. The van der Waals surface area contributed by atoms with Crippen molar-refractivity contribution in [3.05, 3.63) is 0 Å². The highest BCUT2D eigenvalue weighted by Crippen LogP contribution is 2.60. The summed E-state index contributed by atoms with van der Waals surface area (Å²) in [5.74, 6) is -3.57. The van der Waals surface area contributed by atoms with Gasteiger partial charge in [0, 0.05) is 30.4 Å². The van der Waals surface area contributed by atoms with Crippen molar-refractivity contribution in [2.45, 2.75) is 116 Å². The fourth-order valence-corrected chi connectivity index (χ4v) is 7.09. The minimum Gasteiger partial charge on any atom is -0.480 e. The molecule has 13 heteroatoms. The van der Waals surface area contributed by atoms with E-state index in [0.717, 1.165) is 19.3 Å². The van der Waals surface area contributed by atoms with Crippen LogP contribution in [0.1, 0.15) is 79.6 Å². The van der Waals surface area contributed by atoms with E-state index < -0.39 is 59.8 Å². The molecule has 1 spiro atoms. The molecule has 5 aliphatic rings. The van der Waals surface area contributed by atoms with Gasteiger partial charge >= 0.3 is 11.9 Å². The molecule has 4 saturated heterocycles. The number of carbonyl (C=O) groups excluding carboxylic acids is 3. The molecule has 10 atom stereocenters. The Morgan fingerprint density at radius 2 is 1.76 bits per heavy atom. The normalized spacial score (nSPS) is 37.3. The number of ether oxygens (including phenoxy) is 3. The lowest BCUT2D eigenvalue weighted by Crippen LogP contribution is -2.70. The van der Waals surface area contributed by atoms with Crippen molar-refractivity contribution >= 4 is 36.4 Å². The molecule has 4 aliphatic heterocycles. The van der Waals surface area contributed by atoms with E-state index in [9.17, 15) is 24.3 Å². The molecule has 0 aromatic carbocycles. The number of hydrogen-bond donors (Lipinski definition) is 4. The van der Waals surface area contributed by atoms with Gasteiger partial charge in [0.25, 0.3) is 0 Å². The van der Waals surface area contributed by atoms with Crippen molar-refractivity contribution < 1.29 is 48.3 Å². The third-order valence-electron chi connectivity index (χ3n) is 9.06. The molecule has 12 nitrogen and oxygen atoms in total. The van der Waals surface area contributed by atoms with Gasteiger partial charge in [-0.2, -0.15) is 12.6 Å². The van der Waals surface area contributed by atoms with Crippen LogP contribution in [0, 0.1) is 29.6 Å². The minimum atomic E-state index is -1.22. The SMILES string of the molecule is CC(C)CC(NC(=O)CCC(=O)OC1OC2OC3(C)CCC4C(C)CCC(C1C)C24OO3)C(=O)NC(CS)C(=O)O. The Morgan fingerprint density at radius 1 is 1.02 bits per heavy atom. The van der Waals surface area contributed by atoms with E-state index in [-0.39, 0.29) is 42.3 Å². The zero-order valence-corrected chi connectivity index (χ0v) is 25.3. The van der Waals surface area contributed by atoms with Crippen molar-refractivity contribution in [2.24, 2.45) is 29.6 Å². The third kappa shape index (κ3) is 6.69. The number of thiol groups is 1. The highest BCUT2D eigenvalue weighted by atomic mass is 32.1. The van der Waals surface area contributed by atoms with Crippen molar-refractivity contribution in [2.75, 3.05) is 5.75 Å². The second-order valence-corrected chi connectivity index (χ2v) is 13.0. The molecule has 1 aliphatic carbocycles. The van der Waals surface area contributed by atoms with E-state index in [1.807, 2.05) is 27.7 Å². The van der Waals surface area contributed by atoms with Crippen molar-refractivity contribution in [1.29, 1.82) is 0 Å². The molecule has 0 aromatic heterocycles. The standard InChI is InChI=1S/C28H44N2O10S/c1-14(2)12-19(23(33)30-20(13-41)24(34)35)29-21(31)8-9-22(32)36-25-16(4)18-7-6-15(3)17-10-11-27(5)38-26(37-25)28(17,18)40-39-27/h14-20,25-26,41H,6-13H2,1-5H3,(H,29,31)(H,30,33)(H,34,35). The predicted octanol–water partition coefficient (Wildman–Crippen LogP) is 2.55. The lowest BCUT2D eigenvalue weighted by molar-refractivity contribution is -0.576. The Bertz CT molecular complexity index is 1010. The smallest absolute Gasteiger partial charge is 0.327 e. The van der Waals surface area contributed by atoms with E-state index in [0.29, 0.717) is 18.8 Å². The van der Waals surface area contributed by atoms with E-state index in [2.05, 4.69) is 30.2 Å². The van der Waals surface area contributed by atoms with Gasteiger partial charge in [0.05, 0.1) is 6.42 Å². The first-order valence-electron chi connectivity index (χ1n) is 14.6. The lowest BCUT2D eigenvalue weighted by Gasteiger charge is -2.59. The summed E-state index contributed by atoms with van der Waals surface area (Å²) in [6, 6.07) is -2.13. The number of carbonyl (C=O) groups is 4. The second-order valence-electron chi connectivity index (χ2n) is 12.6. The van der Waals surface area contributed by atoms with Crippen LogP contribution in [0.5, 0.6) is 0 Å². The molecule has 4 heterocycles. The summed E-state index contributed by atoms with van der Waals surface area (Å²) < 4.78 is 18.3. The average Bonchev–Trinajstić information content (AvgIpc) is 3.13. The van der Waals surface area contributed by atoms with Crippen molar-refractivity contribution in [1.82, 2.24) is 10.6 Å². The van der Waals surface area contributed by atoms with Gasteiger partial charge < -0.3 is 30.0 Å².